The topological polar surface area (TPSA) is 16.1 Å². The van der Waals surface area contributed by atoms with E-state index < -0.39 is 0 Å². The third kappa shape index (κ3) is 2.16. The molecule has 3 heteroatoms. The summed E-state index contributed by atoms with van der Waals surface area (Å²) in [6.45, 7) is 2.41. The number of anilines is 1. The Morgan fingerprint density at radius 1 is 1.11 bits per heavy atom. The van der Waals surface area contributed by atoms with Gasteiger partial charge in [0.2, 0.25) is 0 Å². The summed E-state index contributed by atoms with van der Waals surface area (Å²) in [5, 5.41) is 1.21. The van der Waals surface area contributed by atoms with Crippen molar-refractivity contribution in [3.63, 3.8) is 0 Å². The Morgan fingerprint density at radius 3 is 2.74 bits per heavy atom. The van der Waals surface area contributed by atoms with Crippen molar-refractivity contribution in [1.29, 1.82) is 0 Å². The highest BCUT2D eigenvalue weighted by Gasteiger charge is 2.45. The summed E-state index contributed by atoms with van der Waals surface area (Å²) in [6.07, 6.45) is 7.66. The van der Waals surface area contributed by atoms with E-state index in [2.05, 4.69) is 40.2 Å². The van der Waals surface area contributed by atoms with E-state index >= 15 is 0 Å². The van der Waals surface area contributed by atoms with Gasteiger partial charge in [-0.25, -0.2) is 4.98 Å². The molecule has 0 radical (unpaired) electrons. The van der Waals surface area contributed by atoms with Crippen LogP contribution < -0.4 is 4.90 Å². The first kappa shape index (κ1) is 11.5. The molecule has 0 N–H and O–H groups in total. The maximum absolute atomic E-state index is 4.65. The minimum absolute atomic E-state index is 0.664. The van der Waals surface area contributed by atoms with Gasteiger partial charge in [-0.1, -0.05) is 41.7 Å². The van der Waals surface area contributed by atoms with Gasteiger partial charge in [-0.05, 0) is 36.7 Å². The monoisotopic (exact) mass is 270 g/mol. The zero-order chi connectivity index (χ0) is 12.7. The van der Waals surface area contributed by atoms with Gasteiger partial charge in [0.15, 0.2) is 5.13 Å². The highest BCUT2D eigenvalue weighted by atomic mass is 32.1. The minimum atomic E-state index is 0.664. The lowest BCUT2D eigenvalue weighted by Crippen LogP contribution is -2.36. The Labute approximate surface area is 118 Å². The second kappa shape index (κ2) is 4.34. The number of nitrogens with zero attached hydrogens (tertiary/aromatic N) is 2. The maximum atomic E-state index is 4.65. The molecule has 0 unspecified atom stereocenters. The largest absolute Gasteiger partial charge is 0.348 e. The lowest BCUT2D eigenvalue weighted by atomic mass is 9.95. The van der Waals surface area contributed by atoms with Crippen LogP contribution >= 0.6 is 11.3 Å². The molecular formula is C16H18N2S. The zero-order valence-corrected chi connectivity index (χ0v) is 11.8. The van der Waals surface area contributed by atoms with Crippen molar-refractivity contribution in [3.8, 4) is 10.4 Å². The number of thiazole rings is 1. The van der Waals surface area contributed by atoms with Crippen molar-refractivity contribution in [1.82, 2.24) is 4.98 Å². The van der Waals surface area contributed by atoms with Gasteiger partial charge in [-0.3, -0.25) is 0 Å². The van der Waals surface area contributed by atoms with Crippen molar-refractivity contribution < 1.29 is 0 Å². The quantitative estimate of drug-likeness (QED) is 0.813. The highest BCUT2D eigenvalue weighted by Crippen LogP contribution is 2.52. The Morgan fingerprint density at radius 2 is 1.95 bits per heavy atom. The van der Waals surface area contributed by atoms with E-state index in [0.717, 1.165) is 0 Å². The fourth-order valence-corrected chi connectivity index (χ4v) is 4.05. The van der Waals surface area contributed by atoms with Crippen LogP contribution in [0.1, 0.15) is 25.7 Å². The van der Waals surface area contributed by atoms with Gasteiger partial charge < -0.3 is 4.90 Å². The van der Waals surface area contributed by atoms with Gasteiger partial charge in [-0.2, -0.15) is 0 Å². The molecule has 1 aliphatic heterocycles. The normalized spacial score (nSPS) is 20.7. The third-order valence-electron chi connectivity index (χ3n) is 4.44. The van der Waals surface area contributed by atoms with Crippen LogP contribution in [0, 0.1) is 5.41 Å². The van der Waals surface area contributed by atoms with Crippen LogP contribution in [-0.2, 0) is 0 Å². The fraction of sp³-hybridized carbons (Fsp3) is 0.438. The summed E-state index contributed by atoms with van der Waals surface area (Å²) < 4.78 is 0. The summed E-state index contributed by atoms with van der Waals surface area (Å²) in [7, 11) is 0. The van der Waals surface area contributed by atoms with Crippen molar-refractivity contribution >= 4 is 16.5 Å². The number of benzene rings is 1. The molecule has 2 aromatic rings. The molecule has 0 atom stereocenters. The number of rotatable bonds is 2. The van der Waals surface area contributed by atoms with Crippen LogP contribution in [0.3, 0.4) is 0 Å². The third-order valence-corrected chi connectivity index (χ3v) is 5.55. The molecule has 4 rings (SSSR count). The van der Waals surface area contributed by atoms with E-state index in [0.29, 0.717) is 5.41 Å². The number of aromatic nitrogens is 1. The summed E-state index contributed by atoms with van der Waals surface area (Å²) in [4.78, 5) is 8.44. The van der Waals surface area contributed by atoms with Crippen molar-refractivity contribution in [3.05, 3.63) is 36.5 Å². The molecule has 0 amide bonds. The van der Waals surface area contributed by atoms with E-state index in [-0.39, 0.29) is 0 Å². The van der Waals surface area contributed by atoms with Crippen LogP contribution in [0.5, 0.6) is 0 Å². The molecule has 1 spiro atoms. The second-order valence-electron chi connectivity index (χ2n) is 5.90. The van der Waals surface area contributed by atoms with E-state index in [4.69, 9.17) is 0 Å². The van der Waals surface area contributed by atoms with Crippen molar-refractivity contribution in [2.45, 2.75) is 25.7 Å². The standard InChI is InChI=1S/C16H18N2S/c1-2-5-13(6-3-1)14-11-17-15(19-14)18-10-4-7-16(12-18)8-9-16/h1-3,5-6,11H,4,7-10,12H2. The van der Waals surface area contributed by atoms with Gasteiger partial charge in [0.25, 0.3) is 0 Å². The highest BCUT2D eigenvalue weighted by molar-refractivity contribution is 7.18. The van der Waals surface area contributed by atoms with Gasteiger partial charge in [0.1, 0.15) is 0 Å². The first-order chi connectivity index (χ1) is 9.35. The van der Waals surface area contributed by atoms with E-state index in [1.165, 1.54) is 54.3 Å². The molecule has 1 saturated carbocycles. The van der Waals surface area contributed by atoms with Gasteiger partial charge in [0.05, 0.1) is 4.88 Å². The first-order valence-electron chi connectivity index (χ1n) is 7.11. The lowest BCUT2D eigenvalue weighted by Gasteiger charge is -2.32. The number of hydrogen-bond acceptors (Lipinski definition) is 3. The molecule has 1 saturated heterocycles. The summed E-state index contributed by atoms with van der Waals surface area (Å²) >= 11 is 1.84. The molecule has 2 nitrogen and oxygen atoms in total. The van der Waals surface area contributed by atoms with Crippen LogP contribution in [-0.4, -0.2) is 18.1 Å². The molecule has 19 heavy (non-hydrogen) atoms. The van der Waals surface area contributed by atoms with E-state index in [1.54, 1.807) is 0 Å². The molecular weight excluding hydrogens is 252 g/mol. The average molecular weight is 270 g/mol. The van der Waals surface area contributed by atoms with Crippen molar-refractivity contribution in [2.75, 3.05) is 18.0 Å². The Hall–Kier alpha value is -1.35. The zero-order valence-electron chi connectivity index (χ0n) is 11.0. The molecule has 1 aromatic heterocycles. The Kier molecular flexibility index (Phi) is 2.62. The maximum Gasteiger partial charge on any atom is 0.185 e. The summed E-state index contributed by atoms with van der Waals surface area (Å²) in [5.74, 6) is 0. The molecule has 1 aliphatic carbocycles. The molecule has 0 bridgehead atoms. The fourth-order valence-electron chi connectivity index (χ4n) is 3.10. The Balaban J connectivity index is 1.58. The molecule has 2 aliphatic rings. The van der Waals surface area contributed by atoms with Crippen molar-refractivity contribution in [2.24, 2.45) is 5.41 Å². The summed E-state index contributed by atoms with van der Waals surface area (Å²) in [6, 6.07) is 10.6. The second-order valence-corrected chi connectivity index (χ2v) is 6.91. The first-order valence-corrected chi connectivity index (χ1v) is 7.93. The molecule has 2 fully saturated rings. The number of piperidine rings is 1. The minimum Gasteiger partial charge on any atom is -0.348 e. The summed E-state index contributed by atoms with van der Waals surface area (Å²) in [5.41, 5.74) is 1.95. The van der Waals surface area contributed by atoms with Crippen LogP contribution in [0.25, 0.3) is 10.4 Å². The Bertz CT molecular complexity index is 571. The smallest absolute Gasteiger partial charge is 0.185 e. The van der Waals surface area contributed by atoms with Gasteiger partial charge >= 0.3 is 0 Å². The van der Waals surface area contributed by atoms with Gasteiger partial charge in [-0.15, -0.1) is 0 Å². The van der Waals surface area contributed by atoms with Gasteiger partial charge in [0, 0.05) is 19.3 Å². The van der Waals surface area contributed by atoms with Crippen LogP contribution in [0.2, 0.25) is 0 Å². The van der Waals surface area contributed by atoms with Crippen LogP contribution in [0.15, 0.2) is 36.5 Å². The number of hydrogen-bond donors (Lipinski definition) is 0. The molecule has 98 valence electrons. The van der Waals surface area contributed by atoms with E-state index in [9.17, 15) is 0 Å². The SMILES string of the molecule is c1ccc(-c2cnc(N3CCCC4(CC4)C3)s2)cc1. The predicted octanol–water partition coefficient (Wildman–Crippen LogP) is 4.19. The molecule has 2 heterocycles. The van der Waals surface area contributed by atoms with Crippen LogP contribution in [0.4, 0.5) is 5.13 Å². The average Bonchev–Trinajstić information content (AvgIpc) is 3.04. The molecule has 1 aromatic carbocycles. The lowest BCUT2D eigenvalue weighted by molar-refractivity contribution is 0.395. The van der Waals surface area contributed by atoms with E-state index in [1.807, 2.05) is 17.5 Å². The predicted molar refractivity (Wildman–Crippen MR) is 80.7 cm³/mol.